The van der Waals surface area contributed by atoms with E-state index in [-0.39, 0.29) is 0 Å². The van der Waals surface area contributed by atoms with Gasteiger partial charge in [0, 0.05) is 23.5 Å². The van der Waals surface area contributed by atoms with Crippen LogP contribution in [0.4, 0.5) is 0 Å². The van der Waals surface area contributed by atoms with Crippen LogP contribution in [0.2, 0.25) is 0 Å². The van der Waals surface area contributed by atoms with E-state index in [0.29, 0.717) is 6.04 Å². The number of hydrogen-bond donors (Lipinski definition) is 1. The molecular formula is C18H20N2O. The Morgan fingerprint density at radius 3 is 2.86 bits per heavy atom. The maximum absolute atomic E-state index is 5.41. The van der Waals surface area contributed by atoms with Gasteiger partial charge in [-0.1, -0.05) is 12.1 Å². The van der Waals surface area contributed by atoms with Crippen LogP contribution in [0.25, 0.3) is 10.9 Å². The second kappa shape index (κ2) is 6.10. The summed E-state index contributed by atoms with van der Waals surface area (Å²) in [6.45, 7) is 2.02. The van der Waals surface area contributed by atoms with Crippen LogP contribution in [0, 0.1) is 6.92 Å². The first kappa shape index (κ1) is 13.8. The summed E-state index contributed by atoms with van der Waals surface area (Å²) >= 11 is 0. The number of hydrogen-bond acceptors (Lipinski definition) is 3. The van der Waals surface area contributed by atoms with E-state index < -0.39 is 0 Å². The SMILES string of the molecule is CNC(CCc1ccco1)c1ccc2nc(C)ccc2c1. The van der Waals surface area contributed by atoms with Gasteiger partial charge in [0.05, 0.1) is 11.8 Å². The summed E-state index contributed by atoms with van der Waals surface area (Å²) in [7, 11) is 2.00. The van der Waals surface area contributed by atoms with Gasteiger partial charge in [-0.3, -0.25) is 4.98 Å². The molecule has 1 unspecified atom stereocenters. The van der Waals surface area contributed by atoms with E-state index in [4.69, 9.17) is 4.42 Å². The number of nitrogens with zero attached hydrogens (tertiary/aromatic N) is 1. The topological polar surface area (TPSA) is 38.1 Å². The molecular weight excluding hydrogens is 260 g/mol. The lowest BCUT2D eigenvalue weighted by molar-refractivity contribution is 0.469. The molecule has 0 saturated heterocycles. The van der Waals surface area contributed by atoms with Crippen molar-refractivity contribution >= 4 is 10.9 Å². The molecule has 0 spiro atoms. The predicted octanol–water partition coefficient (Wildman–Crippen LogP) is 4.03. The zero-order valence-electron chi connectivity index (χ0n) is 12.5. The second-order valence-electron chi connectivity index (χ2n) is 5.36. The Hall–Kier alpha value is -2.13. The minimum Gasteiger partial charge on any atom is -0.469 e. The molecule has 0 radical (unpaired) electrons. The van der Waals surface area contributed by atoms with E-state index in [1.54, 1.807) is 6.26 Å². The molecule has 1 atom stereocenters. The highest BCUT2D eigenvalue weighted by molar-refractivity contribution is 5.79. The van der Waals surface area contributed by atoms with Gasteiger partial charge < -0.3 is 9.73 Å². The number of benzene rings is 1. The van der Waals surface area contributed by atoms with Crippen LogP contribution in [-0.2, 0) is 6.42 Å². The summed E-state index contributed by atoms with van der Waals surface area (Å²) in [6, 6.07) is 15.0. The second-order valence-corrected chi connectivity index (χ2v) is 5.36. The van der Waals surface area contributed by atoms with Crippen LogP contribution in [0.1, 0.15) is 29.5 Å². The molecule has 1 N–H and O–H groups in total. The molecule has 108 valence electrons. The van der Waals surface area contributed by atoms with Crippen molar-refractivity contribution in [1.82, 2.24) is 10.3 Å². The fourth-order valence-corrected chi connectivity index (χ4v) is 2.68. The Kier molecular flexibility index (Phi) is 4.02. The summed E-state index contributed by atoms with van der Waals surface area (Å²) in [4.78, 5) is 4.55. The number of rotatable bonds is 5. The third-order valence-electron chi connectivity index (χ3n) is 3.86. The molecule has 0 amide bonds. The number of nitrogens with one attached hydrogen (secondary N) is 1. The largest absolute Gasteiger partial charge is 0.469 e. The van der Waals surface area contributed by atoms with Crippen molar-refractivity contribution < 1.29 is 4.42 Å². The van der Waals surface area contributed by atoms with E-state index in [9.17, 15) is 0 Å². The number of aromatic nitrogens is 1. The minimum atomic E-state index is 0.320. The van der Waals surface area contributed by atoms with Crippen LogP contribution in [0.15, 0.2) is 53.1 Å². The Morgan fingerprint density at radius 2 is 2.10 bits per heavy atom. The van der Waals surface area contributed by atoms with Gasteiger partial charge in [-0.2, -0.15) is 0 Å². The van der Waals surface area contributed by atoms with Crippen molar-refractivity contribution in [3.05, 3.63) is 65.7 Å². The highest BCUT2D eigenvalue weighted by Crippen LogP contribution is 2.23. The van der Waals surface area contributed by atoms with Crippen LogP contribution in [-0.4, -0.2) is 12.0 Å². The normalized spacial score (nSPS) is 12.7. The molecule has 2 aromatic heterocycles. The van der Waals surface area contributed by atoms with Gasteiger partial charge in [0.25, 0.3) is 0 Å². The van der Waals surface area contributed by atoms with Crippen LogP contribution < -0.4 is 5.32 Å². The van der Waals surface area contributed by atoms with Gasteiger partial charge in [0.15, 0.2) is 0 Å². The summed E-state index contributed by atoms with van der Waals surface area (Å²) < 4.78 is 5.41. The standard InChI is InChI=1S/C18H20N2O/c1-13-5-6-15-12-14(7-9-18(15)20-13)17(19-2)10-8-16-4-3-11-21-16/h3-7,9,11-12,17,19H,8,10H2,1-2H3. The number of pyridine rings is 1. The Morgan fingerprint density at radius 1 is 1.19 bits per heavy atom. The third-order valence-corrected chi connectivity index (χ3v) is 3.86. The Balaban J connectivity index is 1.81. The lowest BCUT2D eigenvalue weighted by Crippen LogP contribution is -2.17. The Labute approximate surface area is 125 Å². The maximum Gasteiger partial charge on any atom is 0.103 e. The molecule has 2 heterocycles. The Bertz CT molecular complexity index is 719. The van der Waals surface area contributed by atoms with Crippen molar-refractivity contribution in [2.75, 3.05) is 7.05 Å². The number of fused-ring (bicyclic) bond motifs is 1. The molecule has 3 aromatic rings. The summed E-state index contributed by atoms with van der Waals surface area (Å²) in [5, 5.41) is 4.59. The van der Waals surface area contributed by atoms with Crippen molar-refractivity contribution in [2.45, 2.75) is 25.8 Å². The lowest BCUT2D eigenvalue weighted by Gasteiger charge is -2.16. The quantitative estimate of drug-likeness (QED) is 0.766. The zero-order valence-corrected chi connectivity index (χ0v) is 12.5. The lowest BCUT2D eigenvalue weighted by atomic mass is 9.99. The van der Waals surface area contributed by atoms with Gasteiger partial charge >= 0.3 is 0 Å². The molecule has 3 rings (SSSR count). The summed E-state index contributed by atoms with van der Waals surface area (Å²) in [5.74, 6) is 1.04. The fraction of sp³-hybridized carbons (Fsp3) is 0.278. The van der Waals surface area contributed by atoms with E-state index in [2.05, 4.69) is 40.6 Å². The van der Waals surface area contributed by atoms with Crippen molar-refractivity contribution in [3.8, 4) is 0 Å². The average Bonchev–Trinajstić information content (AvgIpc) is 3.01. The molecule has 0 aliphatic heterocycles. The van der Waals surface area contributed by atoms with E-state index in [1.165, 1.54) is 10.9 Å². The highest BCUT2D eigenvalue weighted by Gasteiger charge is 2.11. The van der Waals surface area contributed by atoms with Crippen molar-refractivity contribution in [2.24, 2.45) is 0 Å². The van der Waals surface area contributed by atoms with E-state index in [0.717, 1.165) is 29.8 Å². The van der Waals surface area contributed by atoms with Crippen LogP contribution in [0.3, 0.4) is 0 Å². The molecule has 0 fully saturated rings. The van der Waals surface area contributed by atoms with Crippen LogP contribution in [0.5, 0.6) is 0 Å². The van der Waals surface area contributed by atoms with E-state index in [1.807, 2.05) is 26.1 Å². The van der Waals surface area contributed by atoms with Gasteiger partial charge in [0.1, 0.15) is 5.76 Å². The maximum atomic E-state index is 5.41. The van der Waals surface area contributed by atoms with Crippen LogP contribution >= 0.6 is 0 Å². The zero-order chi connectivity index (χ0) is 14.7. The summed E-state index contributed by atoms with van der Waals surface area (Å²) in [5.41, 5.74) is 3.40. The van der Waals surface area contributed by atoms with Gasteiger partial charge in [-0.25, -0.2) is 0 Å². The number of aryl methyl sites for hydroxylation is 2. The number of furan rings is 1. The first-order valence-corrected chi connectivity index (χ1v) is 7.33. The predicted molar refractivity (Wildman–Crippen MR) is 85.3 cm³/mol. The molecule has 0 saturated carbocycles. The molecule has 0 aliphatic rings. The average molecular weight is 280 g/mol. The highest BCUT2D eigenvalue weighted by atomic mass is 16.3. The fourth-order valence-electron chi connectivity index (χ4n) is 2.68. The molecule has 21 heavy (non-hydrogen) atoms. The smallest absolute Gasteiger partial charge is 0.103 e. The molecule has 3 heteroatoms. The summed E-state index contributed by atoms with van der Waals surface area (Å²) in [6.07, 6.45) is 3.67. The van der Waals surface area contributed by atoms with Crippen molar-refractivity contribution in [1.29, 1.82) is 0 Å². The van der Waals surface area contributed by atoms with Gasteiger partial charge in [0.2, 0.25) is 0 Å². The first-order chi connectivity index (χ1) is 10.3. The van der Waals surface area contributed by atoms with E-state index >= 15 is 0 Å². The third kappa shape index (κ3) is 3.14. The van der Waals surface area contributed by atoms with Gasteiger partial charge in [-0.15, -0.1) is 0 Å². The first-order valence-electron chi connectivity index (χ1n) is 7.33. The van der Waals surface area contributed by atoms with Gasteiger partial charge in [-0.05, 0) is 56.3 Å². The monoisotopic (exact) mass is 280 g/mol. The minimum absolute atomic E-state index is 0.320. The molecule has 0 aliphatic carbocycles. The molecule has 0 bridgehead atoms. The molecule has 1 aromatic carbocycles. The van der Waals surface area contributed by atoms with Crippen molar-refractivity contribution in [3.63, 3.8) is 0 Å². The molecule has 3 nitrogen and oxygen atoms in total.